The summed E-state index contributed by atoms with van der Waals surface area (Å²) in [5, 5.41) is 15.8. The number of aliphatic hydroxyl groups is 1. The van der Waals surface area contributed by atoms with Gasteiger partial charge in [0.1, 0.15) is 11.3 Å². The zero-order valence-corrected chi connectivity index (χ0v) is 17.3. The molecule has 30 heavy (non-hydrogen) atoms. The van der Waals surface area contributed by atoms with E-state index in [2.05, 4.69) is 22.2 Å². The summed E-state index contributed by atoms with van der Waals surface area (Å²) >= 11 is 0. The van der Waals surface area contributed by atoms with Gasteiger partial charge in [-0.3, -0.25) is 0 Å². The smallest absolute Gasteiger partial charge is 0.223 e. The number of nitrogen functional groups attached to an aromatic ring is 1. The normalized spacial score (nSPS) is 19.2. The van der Waals surface area contributed by atoms with E-state index in [9.17, 15) is 5.11 Å². The van der Waals surface area contributed by atoms with Gasteiger partial charge in [0.05, 0.1) is 12.7 Å². The molecule has 154 valence electrons. The lowest BCUT2D eigenvalue weighted by molar-refractivity contribution is 0.0784. The van der Waals surface area contributed by atoms with Crippen molar-refractivity contribution in [3.8, 4) is 5.75 Å². The summed E-state index contributed by atoms with van der Waals surface area (Å²) in [4.78, 5) is 9.30. The van der Waals surface area contributed by atoms with E-state index in [-0.39, 0.29) is 5.92 Å². The molecule has 2 aromatic carbocycles. The molecule has 0 saturated heterocycles. The molecule has 4 aromatic rings. The molecule has 0 spiro atoms. The van der Waals surface area contributed by atoms with Crippen molar-refractivity contribution in [2.75, 3.05) is 12.8 Å². The van der Waals surface area contributed by atoms with Crippen LogP contribution in [0, 0.1) is 0 Å². The highest BCUT2D eigenvalue weighted by molar-refractivity contribution is 5.95. The Kier molecular flexibility index (Phi) is 4.18. The minimum Gasteiger partial charge on any atom is -0.494 e. The Morgan fingerprint density at radius 3 is 2.60 bits per heavy atom. The van der Waals surface area contributed by atoms with Crippen LogP contribution in [0.1, 0.15) is 55.5 Å². The third-order valence-electron chi connectivity index (χ3n) is 6.09. The van der Waals surface area contributed by atoms with Crippen molar-refractivity contribution in [2.24, 2.45) is 0 Å². The highest BCUT2D eigenvalue weighted by atomic mass is 16.5. The molecule has 1 saturated carbocycles. The van der Waals surface area contributed by atoms with Gasteiger partial charge in [-0.15, -0.1) is 5.10 Å². The summed E-state index contributed by atoms with van der Waals surface area (Å²) in [6, 6.07) is 14.0. The summed E-state index contributed by atoms with van der Waals surface area (Å²) in [5.41, 5.74) is 8.92. The van der Waals surface area contributed by atoms with Crippen LogP contribution in [0.2, 0.25) is 0 Å². The van der Waals surface area contributed by atoms with Gasteiger partial charge in [-0.1, -0.05) is 30.3 Å². The number of nitrogens with two attached hydrogens (primary N) is 1. The maximum Gasteiger partial charge on any atom is 0.223 e. The number of aromatic nitrogens is 4. The van der Waals surface area contributed by atoms with Crippen molar-refractivity contribution in [1.82, 2.24) is 19.6 Å². The predicted molar refractivity (Wildman–Crippen MR) is 116 cm³/mol. The van der Waals surface area contributed by atoms with Gasteiger partial charge < -0.3 is 15.6 Å². The van der Waals surface area contributed by atoms with Crippen LogP contribution in [0.4, 0.5) is 5.95 Å². The number of methoxy groups -OCH3 is 1. The summed E-state index contributed by atoms with van der Waals surface area (Å²) in [6.45, 7) is 3.63. The third kappa shape index (κ3) is 2.97. The summed E-state index contributed by atoms with van der Waals surface area (Å²) in [6.07, 6.45) is 1.95. The number of benzene rings is 2. The highest BCUT2D eigenvalue weighted by Crippen LogP contribution is 2.47. The molecule has 3 N–H and O–H groups in total. The largest absolute Gasteiger partial charge is 0.494 e. The average molecular weight is 403 g/mol. The van der Waals surface area contributed by atoms with Gasteiger partial charge in [0, 0.05) is 11.3 Å². The van der Waals surface area contributed by atoms with E-state index in [0.29, 0.717) is 28.8 Å². The molecule has 1 aliphatic carbocycles. The first kappa shape index (κ1) is 18.8. The molecule has 1 fully saturated rings. The summed E-state index contributed by atoms with van der Waals surface area (Å²) < 4.78 is 7.05. The minimum atomic E-state index is -0.838. The van der Waals surface area contributed by atoms with Crippen LogP contribution in [0.25, 0.3) is 16.6 Å². The van der Waals surface area contributed by atoms with Crippen LogP contribution in [-0.2, 0) is 5.60 Å². The second-order valence-electron chi connectivity index (χ2n) is 8.58. The number of hydrogen-bond donors (Lipinski definition) is 2. The molecule has 0 amide bonds. The van der Waals surface area contributed by atoms with Gasteiger partial charge in [0.25, 0.3) is 0 Å². The highest BCUT2D eigenvalue weighted by Gasteiger charge is 2.35. The topological polar surface area (TPSA) is 98.6 Å². The molecule has 2 heterocycles. The Morgan fingerprint density at radius 1 is 1.10 bits per heavy atom. The average Bonchev–Trinajstić information content (AvgIpc) is 3.12. The molecule has 0 bridgehead atoms. The zero-order valence-electron chi connectivity index (χ0n) is 17.3. The summed E-state index contributed by atoms with van der Waals surface area (Å²) in [7, 11) is 1.62. The van der Waals surface area contributed by atoms with E-state index >= 15 is 0 Å². The Labute approximate surface area is 174 Å². The van der Waals surface area contributed by atoms with Gasteiger partial charge in [0.2, 0.25) is 5.95 Å². The first-order valence-electron chi connectivity index (χ1n) is 10.2. The standard InChI is InChI=1S/C23H25N5O2/c1-23(2,29)16-7-4-6-13(12-16)14-10-15(11-14)20-26-21-17-8-5-9-18(30-3)19(17)25-22(24)28(21)27-20/h4-9,12,14-15,29H,10-11H2,1-3H3,(H2,24,25)/t14-,15+. The fourth-order valence-electron chi connectivity index (χ4n) is 4.25. The van der Waals surface area contributed by atoms with E-state index in [0.717, 1.165) is 29.6 Å². The van der Waals surface area contributed by atoms with E-state index < -0.39 is 5.60 Å². The van der Waals surface area contributed by atoms with Crippen molar-refractivity contribution in [3.05, 3.63) is 59.4 Å². The predicted octanol–water partition coefficient (Wildman–Crippen LogP) is 3.76. The maximum atomic E-state index is 10.3. The fraction of sp³-hybridized carbons (Fsp3) is 0.348. The van der Waals surface area contributed by atoms with Gasteiger partial charge in [-0.2, -0.15) is 4.52 Å². The van der Waals surface area contributed by atoms with Crippen molar-refractivity contribution in [2.45, 2.75) is 44.1 Å². The van der Waals surface area contributed by atoms with E-state index in [4.69, 9.17) is 15.5 Å². The third-order valence-corrected chi connectivity index (χ3v) is 6.09. The monoisotopic (exact) mass is 403 g/mol. The number of fused-ring (bicyclic) bond motifs is 3. The van der Waals surface area contributed by atoms with Crippen LogP contribution < -0.4 is 10.5 Å². The van der Waals surface area contributed by atoms with Crippen molar-refractivity contribution >= 4 is 22.5 Å². The lowest BCUT2D eigenvalue weighted by Gasteiger charge is -2.34. The number of ether oxygens (including phenoxy) is 1. The molecule has 2 aromatic heterocycles. The quantitative estimate of drug-likeness (QED) is 0.538. The van der Waals surface area contributed by atoms with Crippen LogP contribution in [0.15, 0.2) is 42.5 Å². The molecule has 1 aliphatic rings. The minimum absolute atomic E-state index is 0.278. The molecule has 0 unspecified atom stereocenters. The lowest BCUT2D eigenvalue weighted by atomic mass is 9.70. The van der Waals surface area contributed by atoms with E-state index in [1.54, 1.807) is 11.6 Å². The Morgan fingerprint density at radius 2 is 1.87 bits per heavy atom. The Hall–Kier alpha value is -3.19. The van der Waals surface area contributed by atoms with Crippen molar-refractivity contribution < 1.29 is 9.84 Å². The van der Waals surface area contributed by atoms with Crippen LogP contribution in [0.5, 0.6) is 5.75 Å². The number of nitrogens with zero attached hydrogens (tertiary/aromatic N) is 4. The first-order chi connectivity index (χ1) is 14.3. The maximum absolute atomic E-state index is 10.3. The zero-order chi connectivity index (χ0) is 21.0. The van der Waals surface area contributed by atoms with E-state index in [1.165, 1.54) is 5.56 Å². The van der Waals surface area contributed by atoms with Crippen LogP contribution in [0.3, 0.4) is 0 Å². The Balaban J connectivity index is 1.45. The Bertz CT molecular complexity index is 1250. The molecule has 0 aliphatic heterocycles. The van der Waals surface area contributed by atoms with E-state index in [1.807, 2.05) is 44.2 Å². The lowest BCUT2D eigenvalue weighted by Crippen LogP contribution is -2.22. The van der Waals surface area contributed by atoms with Crippen LogP contribution >= 0.6 is 0 Å². The molecule has 0 radical (unpaired) electrons. The first-order valence-corrected chi connectivity index (χ1v) is 10.2. The molecule has 7 nitrogen and oxygen atoms in total. The number of hydrogen-bond acceptors (Lipinski definition) is 6. The number of para-hydroxylation sites is 1. The van der Waals surface area contributed by atoms with Gasteiger partial charge in [-0.05, 0) is 55.9 Å². The molecule has 7 heteroatoms. The number of anilines is 1. The second kappa shape index (κ2) is 6.67. The van der Waals surface area contributed by atoms with Crippen molar-refractivity contribution in [1.29, 1.82) is 0 Å². The fourth-order valence-corrected chi connectivity index (χ4v) is 4.25. The van der Waals surface area contributed by atoms with Crippen molar-refractivity contribution in [3.63, 3.8) is 0 Å². The number of rotatable bonds is 4. The SMILES string of the molecule is COc1cccc2c1nc(N)n1nc([C@H]3C[C@@H](c4cccc(C(C)(C)O)c4)C3)nc21. The molecule has 5 rings (SSSR count). The van der Waals surface area contributed by atoms with Gasteiger partial charge >= 0.3 is 0 Å². The molecular formula is C23H25N5O2. The second-order valence-corrected chi connectivity index (χ2v) is 8.58. The van der Waals surface area contributed by atoms with Crippen LogP contribution in [-0.4, -0.2) is 31.8 Å². The molecular weight excluding hydrogens is 378 g/mol. The summed E-state index contributed by atoms with van der Waals surface area (Å²) in [5.74, 6) is 2.49. The van der Waals surface area contributed by atoms with Gasteiger partial charge in [0.15, 0.2) is 11.5 Å². The molecule has 0 atom stereocenters. The van der Waals surface area contributed by atoms with Gasteiger partial charge in [-0.25, -0.2) is 9.97 Å².